The Kier molecular flexibility index (Phi) is 3.76. The minimum Gasteiger partial charge on any atom is -0.508 e. The number of hydrogen-bond acceptors (Lipinski definition) is 3. The van der Waals surface area contributed by atoms with E-state index in [9.17, 15) is 15.0 Å². The van der Waals surface area contributed by atoms with Crippen LogP contribution in [0.4, 0.5) is 5.69 Å². The monoisotopic (exact) mass is 321 g/mol. The second-order valence-corrected chi connectivity index (χ2v) is 4.99. The Balaban J connectivity index is 2.28. The van der Waals surface area contributed by atoms with Gasteiger partial charge in [-0.2, -0.15) is 0 Å². The minimum atomic E-state index is -0.441. The first kappa shape index (κ1) is 13.4. The number of rotatable bonds is 2. The molecule has 5 heteroatoms. The van der Waals surface area contributed by atoms with Crippen molar-refractivity contribution in [2.45, 2.75) is 6.92 Å². The molecule has 0 aromatic heterocycles. The summed E-state index contributed by atoms with van der Waals surface area (Å²) in [5.41, 5.74) is 1.73. The van der Waals surface area contributed by atoms with E-state index in [4.69, 9.17) is 0 Å². The standard InChI is InChI=1S/C14H12BrNO3/c1-8-2-5-11(15)12(6-8)16-14(19)10-4-3-9(17)7-13(10)18/h2-7,17-18H,1H3,(H,16,19). The molecule has 0 radical (unpaired) electrons. The third-order valence-electron chi connectivity index (χ3n) is 2.60. The molecule has 2 aromatic rings. The molecule has 0 aliphatic heterocycles. The van der Waals surface area contributed by atoms with E-state index in [0.29, 0.717) is 5.69 Å². The van der Waals surface area contributed by atoms with Gasteiger partial charge in [0, 0.05) is 10.5 Å². The largest absolute Gasteiger partial charge is 0.508 e. The maximum Gasteiger partial charge on any atom is 0.259 e. The molecule has 0 unspecified atom stereocenters. The van der Waals surface area contributed by atoms with Crippen LogP contribution in [0.5, 0.6) is 11.5 Å². The van der Waals surface area contributed by atoms with Crippen LogP contribution < -0.4 is 5.32 Å². The van der Waals surface area contributed by atoms with E-state index in [-0.39, 0.29) is 17.1 Å². The van der Waals surface area contributed by atoms with Crippen molar-refractivity contribution in [2.75, 3.05) is 5.32 Å². The third kappa shape index (κ3) is 3.06. The zero-order chi connectivity index (χ0) is 14.0. The fourth-order valence-electron chi connectivity index (χ4n) is 1.64. The second-order valence-electron chi connectivity index (χ2n) is 4.14. The summed E-state index contributed by atoms with van der Waals surface area (Å²) in [4.78, 5) is 12.0. The van der Waals surface area contributed by atoms with E-state index >= 15 is 0 Å². The summed E-state index contributed by atoms with van der Waals surface area (Å²) in [6.07, 6.45) is 0. The summed E-state index contributed by atoms with van der Waals surface area (Å²) >= 11 is 3.34. The quantitative estimate of drug-likeness (QED) is 0.793. The Morgan fingerprint density at radius 2 is 1.89 bits per heavy atom. The van der Waals surface area contributed by atoms with Gasteiger partial charge in [0.1, 0.15) is 11.5 Å². The SMILES string of the molecule is Cc1ccc(Br)c(NC(=O)c2ccc(O)cc2O)c1. The van der Waals surface area contributed by atoms with Gasteiger partial charge < -0.3 is 15.5 Å². The Bertz CT molecular complexity index is 641. The predicted molar refractivity (Wildman–Crippen MR) is 76.6 cm³/mol. The van der Waals surface area contributed by atoms with Crippen LogP contribution in [0.3, 0.4) is 0 Å². The van der Waals surface area contributed by atoms with Crippen molar-refractivity contribution in [1.29, 1.82) is 0 Å². The number of halogens is 1. The van der Waals surface area contributed by atoms with E-state index in [2.05, 4.69) is 21.2 Å². The van der Waals surface area contributed by atoms with E-state index in [1.807, 2.05) is 25.1 Å². The lowest BCUT2D eigenvalue weighted by Crippen LogP contribution is -2.12. The molecule has 0 saturated carbocycles. The fourth-order valence-corrected chi connectivity index (χ4v) is 1.98. The molecule has 0 fully saturated rings. The van der Waals surface area contributed by atoms with Crippen LogP contribution in [0.15, 0.2) is 40.9 Å². The van der Waals surface area contributed by atoms with Crippen LogP contribution in [0.2, 0.25) is 0 Å². The highest BCUT2D eigenvalue weighted by Gasteiger charge is 2.13. The van der Waals surface area contributed by atoms with Crippen LogP contribution in [0, 0.1) is 6.92 Å². The Labute approximate surface area is 118 Å². The van der Waals surface area contributed by atoms with Crippen molar-refractivity contribution in [3.8, 4) is 11.5 Å². The maximum absolute atomic E-state index is 12.0. The average molecular weight is 322 g/mol. The molecule has 3 N–H and O–H groups in total. The zero-order valence-electron chi connectivity index (χ0n) is 10.1. The number of nitrogens with one attached hydrogen (secondary N) is 1. The number of phenolic OH excluding ortho intramolecular Hbond substituents is 2. The molecule has 0 aliphatic rings. The second kappa shape index (κ2) is 5.32. The molecule has 1 amide bonds. The molecule has 98 valence electrons. The van der Waals surface area contributed by atoms with Gasteiger partial charge in [-0.15, -0.1) is 0 Å². The van der Waals surface area contributed by atoms with Crippen molar-refractivity contribution in [2.24, 2.45) is 0 Å². The van der Waals surface area contributed by atoms with Crippen molar-refractivity contribution in [3.63, 3.8) is 0 Å². The van der Waals surface area contributed by atoms with Crippen LogP contribution in [-0.2, 0) is 0 Å². The maximum atomic E-state index is 12.0. The normalized spacial score (nSPS) is 10.2. The lowest BCUT2D eigenvalue weighted by atomic mass is 10.1. The summed E-state index contributed by atoms with van der Waals surface area (Å²) in [6, 6.07) is 9.41. The number of anilines is 1. The molecule has 2 aromatic carbocycles. The highest BCUT2D eigenvalue weighted by molar-refractivity contribution is 9.10. The molecule has 0 saturated heterocycles. The van der Waals surface area contributed by atoms with E-state index in [0.717, 1.165) is 16.1 Å². The van der Waals surface area contributed by atoms with Crippen LogP contribution >= 0.6 is 15.9 Å². The first-order chi connectivity index (χ1) is 8.97. The molecule has 0 heterocycles. The van der Waals surface area contributed by atoms with Crippen molar-refractivity contribution < 1.29 is 15.0 Å². The summed E-state index contributed by atoms with van der Waals surface area (Å²) in [5, 5.41) is 21.5. The first-order valence-electron chi connectivity index (χ1n) is 5.57. The van der Waals surface area contributed by atoms with E-state index in [1.54, 1.807) is 0 Å². The number of aryl methyl sites for hydroxylation is 1. The summed E-state index contributed by atoms with van der Waals surface area (Å²) in [5.74, 6) is -0.795. The van der Waals surface area contributed by atoms with Crippen LogP contribution in [-0.4, -0.2) is 16.1 Å². The molecule has 0 aliphatic carbocycles. The molecule has 2 rings (SSSR count). The van der Waals surface area contributed by atoms with Crippen molar-refractivity contribution in [3.05, 3.63) is 52.0 Å². The first-order valence-corrected chi connectivity index (χ1v) is 6.36. The average Bonchev–Trinajstić information content (AvgIpc) is 2.33. The molecule has 4 nitrogen and oxygen atoms in total. The zero-order valence-corrected chi connectivity index (χ0v) is 11.7. The smallest absolute Gasteiger partial charge is 0.259 e. The molecule has 0 spiro atoms. The van der Waals surface area contributed by atoms with Gasteiger partial charge in [0.15, 0.2) is 0 Å². The number of carbonyl (C=O) groups is 1. The topological polar surface area (TPSA) is 69.6 Å². The number of benzene rings is 2. The van der Waals surface area contributed by atoms with Gasteiger partial charge in [0.2, 0.25) is 0 Å². The fraction of sp³-hybridized carbons (Fsp3) is 0.0714. The van der Waals surface area contributed by atoms with Crippen LogP contribution in [0.1, 0.15) is 15.9 Å². The Hall–Kier alpha value is -2.01. The Morgan fingerprint density at radius 1 is 1.16 bits per heavy atom. The van der Waals surface area contributed by atoms with Gasteiger partial charge in [-0.25, -0.2) is 0 Å². The Morgan fingerprint density at radius 3 is 2.58 bits per heavy atom. The molecule has 0 bridgehead atoms. The van der Waals surface area contributed by atoms with Crippen LogP contribution in [0.25, 0.3) is 0 Å². The van der Waals surface area contributed by atoms with Gasteiger partial charge in [-0.3, -0.25) is 4.79 Å². The van der Waals surface area contributed by atoms with Gasteiger partial charge in [0.25, 0.3) is 5.91 Å². The number of hydrogen-bond donors (Lipinski definition) is 3. The predicted octanol–water partition coefficient (Wildman–Crippen LogP) is 3.42. The van der Waals surface area contributed by atoms with E-state index in [1.165, 1.54) is 12.1 Å². The van der Waals surface area contributed by atoms with Gasteiger partial charge in [-0.1, -0.05) is 6.07 Å². The van der Waals surface area contributed by atoms with Gasteiger partial charge >= 0.3 is 0 Å². The lowest BCUT2D eigenvalue weighted by molar-refractivity contribution is 0.102. The number of amides is 1. The lowest BCUT2D eigenvalue weighted by Gasteiger charge is -2.09. The molecular formula is C14H12BrNO3. The molecular weight excluding hydrogens is 310 g/mol. The van der Waals surface area contributed by atoms with Gasteiger partial charge in [-0.05, 0) is 52.7 Å². The number of phenols is 2. The highest BCUT2D eigenvalue weighted by atomic mass is 79.9. The molecule has 19 heavy (non-hydrogen) atoms. The van der Waals surface area contributed by atoms with Gasteiger partial charge in [0.05, 0.1) is 11.3 Å². The highest BCUT2D eigenvalue weighted by Crippen LogP contribution is 2.27. The molecule has 0 atom stereocenters. The number of carbonyl (C=O) groups excluding carboxylic acids is 1. The summed E-state index contributed by atoms with van der Waals surface area (Å²) in [7, 11) is 0. The third-order valence-corrected chi connectivity index (χ3v) is 3.29. The number of aromatic hydroxyl groups is 2. The summed E-state index contributed by atoms with van der Waals surface area (Å²) in [6.45, 7) is 1.92. The minimum absolute atomic E-state index is 0.0919. The summed E-state index contributed by atoms with van der Waals surface area (Å²) < 4.78 is 0.754. The van der Waals surface area contributed by atoms with Crippen molar-refractivity contribution >= 4 is 27.5 Å². The van der Waals surface area contributed by atoms with E-state index < -0.39 is 5.91 Å². The van der Waals surface area contributed by atoms with Crippen molar-refractivity contribution in [1.82, 2.24) is 0 Å².